The van der Waals surface area contributed by atoms with Crippen molar-refractivity contribution in [3.8, 4) is 6.07 Å². The first-order valence-electron chi connectivity index (χ1n) is 13.0. The number of aromatic nitrogens is 2. The van der Waals surface area contributed by atoms with E-state index in [-0.39, 0.29) is 12.1 Å². The molecule has 1 aliphatic heterocycles. The maximum atomic E-state index is 12.7. The lowest BCUT2D eigenvalue weighted by atomic mass is 9.93. The summed E-state index contributed by atoms with van der Waals surface area (Å²) < 4.78 is 5.61. The van der Waals surface area contributed by atoms with Crippen LogP contribution in [0.15, 0.2) is 43.2 Å². The number of carbonyl (C=O) groups excluding carboxylic acids is 1. The van der Waals surface area contributed by atoms with Gasteiger partial charge >= 0.3 is 6.09 Å². The lowest BCUT2D eigenvalue weighted by Crippen LogP contribution is -2.55. The number of rotatable bonds is 6. The molecule has 2 fully saturated rings. The Morgan fingerprint density at radius 3 is 2.65 bits per heavy atom. The summed E-state index contributed by atoms with van der Waals surface area (Å²) in [5.74, 6) is 1.43. The van der Waals surface area contributed by atoms with Gasteiger partial charge in [-0.1, -0.05) is 24.8 Å². The van der Waals surface area contributed by atoms with Crippen molar-refractivity contribution in [2.24, 2.45) is 5.92 Å². The second kappa shape index (κ2) is 10.8. The number of ether oxygens (including phenoxy) is 1. The fraction of sp³-hybridized carbons (Fsp3) is 0.467. The molecule has 1 amide bonds. The smallest absolute Gasteiger partial charge is 0.410 e. The van der Waals surface area contributed by atoms with Crippen molar-refractivity contribution in [3.63, 3.8) is 0 Å². The van der Waals surface area contributed by atoms with Crippen LogP contribution in [0.3, 0.4) is 0 Å². The Bertz CT molecular complexity index is 1250. The van der Waals surface area contributed by atoms with E-state index in [0.717, 1.165) is 28.2 Å². The fourth-order valence-electron chi connectivity index (χ4n) is 4.91. The highest BCUT2D eigenvalue weighted by Gasteiger charge is 2.35. The van der Waals surface area contributed by atoms with Crippen molar-refractivity contribution in [1.29, 1.82) is 5.26 Å². The third-order valence-corrected chi connectivity index (χ3v) is 6.85. The number of benzene rings is 1. The highest BCUT2D eigenvalue weighted by Crippen LogP contribution is 2.45. The van der Waals surface area contributed by atoms with Crippen LogP contribution in [0, 0.1) is 17.2 Å². The number of nitrogens with zero attached hydrogens (tertiary/aromatic N) is 5. The molecule has 0 spiro atoms. The average Bonchev–Trinajstić information content (AvgIpc) is 3.69. The molecule has 1 saturated heterocycles. The minimum absolute atomic E-state index is 0.0654. The zero-order valence-electron chi connectivity index (χ0n) is 22.6. The molecule has 2 heterocycles. The molecule has 7 nitrogen and oxygen atoms in total. The molecule has 1 atom stereocenters. The highest BCUT2D eigenvalue weighted by molar-refractivity contribution is 5.81. The molecular formula is C30H37N5O2. The van der Waals surface area contributed by atoms with E-state index in [4.69, 9.17) is 14.7 Å². The van der Waals surface area contributed by atoms with Crippen LogP contribution in [0.1, 0.15) is 69.8 Å². The minimum atomic E-state index is -0.521. The van der Waals surface area contributed by atoms with Crippen LogP contribution in [0.2, 0.25) is 0 Å². The van der Waals surface area contributed by atoms with Crippen LogP contribution in [-0.4, -0.2) is 52.2 Å². The van der Waals surface area contributed by atoms with Crippen molar-refractivity contribution in [3.05, 3.63) is 65.6 Å². The summed E-state index contributed by atoms with van der Waals surface area (Å²) in [6.07, 6.45) is 6.47. The molecule has 1 aromatic heterocycles. The van der Waals surface area contributed by atoms with Crippen LogP contribution in [0.25, 0.3) is 11.1 Å². The van der Waals surface area contributed by atoms with Crippen molar-refractivity contribution in [2.75, 3.05) is 24.5 Å². The molecule has 0 bridgehead atoms. The Morgan fingerprint density at radius 2 is 2.03 bits per heavy atom. The largest absolute Gasteiger partial charge is 0.444 e. The monoisotopic (exact) mass is 499 g/mol. The number of allylic oxidation sites excluding steroid dienone is 3. The quantitative estimate of drug-likeness (QED) is 0.495. The minimum Gasteiger partial charge on any atom is -0.444 e. The Balaban J connectivity index is 1.64. The van der Waals surface area contributed by atoms with Gasteiger partial charge in [-0.05, 0) is 82.2 Å². The summed E-state index contributed by atoms with van der Waals surface area (Å²) >= 11 is 0. The van der Waals surface area contributed by atoms with Crippen LogP contribution in [-0.2, 0) is 11.2 Å². The normalized spacial score (nSPS) is 18.4. The summed E-state index contributed by atoms with van der Waals surface area (Å²) in [6.45, 7) is 16.0. The van der Waals surface area contributed by atoms with E-state index in [0.29, 0.717) is 37.5 Å². The molecular weight excluding hydrogens is 462 g/mol. The van der Waals surface area contributed by atoms with Gasteiger partial charge in [-0.15, -0.1) is 0 Å². The van der Waals surface area contributed by atoms with Crippen LogP contribution in [0.5, 0.6) is 0 Å². The number of carbonyl (C=O) groups is 1. The van der Waals surface area contributed by atoms with Crippen molar-refractivity contribution in [1.82, 2.24) is 14.9 Å². The second-order valence-corrected chi connectivity index (χ2v) is 11.0. The van der Waals surface area contributed by atoms with Crippen LogP contribution < -0.4 is 4.90 Å². The molecule has 2 aromatic rings. The summed E-state index contributed by atoms with van der Waals surface area (Å²) in [5.41, 5.74) is 5.26. The number of nitriles is 1. The van der Waals surface area contributed by atoms with Crippen LogP contribution in [0.4, 0.5) is 10.6 Å². The molecule has 1 aromatic carbocycles. The summed E-state index contributed by atoms with van der Waals surface area (Å²) in [7, 11) is 0. The summed E-state index contributed by atoms with van der Waals surface area (Å²) in [5, 5.41) is 9.32. The van der Waals surface area contributed by atoms with Gasteiger partial charge in [-0.3, -0.25) is 0 Å². The van der Waals surface area contributed by atoms with E-state index in [1.54, 1.807) is 17.3 Å². The molecule has 1 saturated carbocycles. The lowest BCUT2D eigenvalue weighted by molar-refractivity contribution is 0.0218. The SMILES string of the molecule is C=C(Cc1ncnc(N2CCN(C(=O)OC(C)(C)C)C[C@H]2C)c1/C(=C\C)C1CC1)c1cccc(C#N)c1. The van der Waals surface area contributed by atoms with Gasteiger partial charge in [0, 0.05) is 37.7 Å². The number of hydrogen-bond donors (Lipinski definition) is 0. The predicted molar refractivity (Wildman–Crippen MR) is 147 cm³/mol. The lowest BCUT2D eigenvalue weighted by Gasteiger charge is -2.41. The fourth-order valence-corrected chi connectivity index (χ4v) is 4.91. The van der Waals surface area contributed by atoms with Gasteiger partial charge in [0.2, 0.25) is 0 Å². The maximum absolute atomic E-state index is 12.7. The van der Waals surface area contributed by atoms with E-state index in [9.17, 15) is 10.1 Å². The first-order chi connectivity index (χ1) is 17.6. The maximum Gasteiger partial charge on any atom is 0.410 e. The number of anilines is 1. The molecule has 194 valence electrons. The third-order valence-electron chi connectivity index (χ3n) is 6.85. The molecule has 2 aliphatic rings. The average molecular weight is 500 g/mol. The van der Waals surface area contributed by atoms with Gasteiger partial charge in [0.05, 0.1) is 17.3 Å². The number of hydrogen-bond acceptors (Lipinski definition) is 6. The summed E-state index contributed by atoms with van der Waals surface area (Å²) in [6, 6.07) is 9.82. The van der Waals surface area contributed by atoms with Crippen LogP contribution >= 0.6 is 0 Å². The third kappa shape index (κ3) is 6.19. The second-order valence-electron chi connectivity index (χ2n) is 11.0. The van der Waals surface area contributed by atoms with Gasteiger partial charge in [-0.2, -0.15) is 5.26 Å². The van der Waals surface area contributed by atoms with E-state index in [2.05, 4.69) is 37.5 Å². The number of amides is 1. The molecule has 7 heteroatoms. The van der Waals surface area contributed by atoms with Gasteiger partial charge < -0.3 is 14.5 Å². The van der Waals surface area contributed by atoms with Gasteiger partial charge in [0.25, 0.3) is 0 Å². The van der Waals surface area contributed by atoms with Gasteiger partial charge in [-0.25, -0.2) is 14.8 Å². The van der Waals surface area contributed by atoms with Gasteiger partial charge in [0.15, 0.2) is 0 Å². The van der Waals surface area contributed by atoms with E-state index < -0.39 is 5.60 Å². The topological polar surface area (TPSA) is 82.3 Å². The Kier molecular flexibility index (Phi) is 7.68. The molecule has 4 rings (SSSR count). The first kappa shape index (κ1) is 26.4. The molecule has 0 radical (unpaired) electrons. The van der Waals surface area contributed by atoms with Crippen molar-refractivity contribution < 1.29 is 9.53 Å². The molecule has 1 aliphatic carbocycles. The van der Waals surface area contributed by atoms with E-state index in [1.165, 1.54) is 18.4 Å². The Hall–Kier alpha value is -3.66. The Morgan fingerprint density at radius 1 is 1.27 bits per heavy atom. The zero-order chi connectivity index (χ0) is 26.7. The zero-order valence-corrected chi connectivity index (χ0v) is 22.6. The first-order valence-corrected chi connectivity index (χ1v) is 13.0. The standard InChI is InChI=1S/C30H37N5O2/c1-7-25(23-11-12-23)27-26(15-20(2)24-10-8-9-22(16-24)17-31)32-19-33-28(27)35-14-13-34(18-21(35)3)29(36)37-30(4,5)6/h7-10,16,19,21,23H,2,11-15,18H2,1,3-6H3/b25-7-/t21-/m1/s1. The van der Waals surface area contributed by atoms with E-state index >= 15 is 0 Å². The van der Waals surface area contributed by atoms with Crippen molar-refractivity contribution >= 4 is 23.1 Å². The molecule has 0 N–H and O–H groups in total. The molecule has 0 unspecified atom stereocenters. The molecule has 37 heavy (non-hydrogen) atoms. The van der Waals surface area contributed by atoms with Crippen molar-refractivity contribution in [2.45, 2.75) is 65.5 Å². The van der Waals surface area contributed by atoms with E-state index in [1.807, 2.05) is 39.0 Å². The number of piperazine rings is 1. The highest BCUT2D eigenvalue weighted by atomic mass is 16.6. The summed E-state index contributed by atoms with van der Waals surface area (Å²) in [4.78, 5) is 26.3. The van der Waals surface area contributed by atoms with Gasteiger partial charge in [0.1, 0.15) is 17.7 Å². The predicted octanol–water partition coefficient (Wildman–Crippen LogP) is 5.86. The Labute approximate surface area is 220 Å².